The van der Waals surface area contributed by atoms with E-state index in [9.17, 15) is 14.9 Å². The molecule has 0 unspecified atom stereocenters. The number of non-ortho nitro benzene ring substituents is 1. The largest absolute Gasteiger partial charge is 0.486 e. The summed E-state index contributed by atoms with van der Waals surface area (Å²) in [6.07, 6.45) is 0. The number of nitro groups is 1. The van der Waals surface area contributed by atoms with Gasteiger partial charge in [0.25, 0.3) is 11.6 Å². The highest BCUT2D eigenvalue weighted by molar-refractivity contribution is 5.91. The van der Waals surface area contributed by atoms with E-state index in [4.69, 9.17) is 15.1 Å². The molecule has 2 aromatic rings. The fourth-order valence-corrected chi connectivity index (χ4v) is 1.38. The first-order valence-electron chi connectivity index (χ1n) is 5.44. The van der Waals surface area contributed by atoms with Crippen LogP contribution < -0.4 is 16.0 Å². The lowest BCUT2D eigenvalue weighted by Crippen LogP contribution is -2.30. The zero-order chi connectivity index (χ0) is 14.5. The molecule has 9 heteroatoms. The van der Waals surface area contributed by atoms with E-state index in [2.05, 4.69) is 5.16 Å². The summed E-state index contributed by atoms with van der Waals surface area (Å²) in [7, 11) is 0. The lowest BCUT2D eigenvalue weighted by molar-refractivity contribution is -0.384. The topological polar surface area (TPSA) is 134 Å². The maximum Gasteiger partial charge on any atom is 0.287 e. The number of nitrogen functional groups attached to an aromatic ring is 1. The lowest BCUT2D eigenvalue weighted by Gasteiger charge is -2.02. The molecule has 0 radical (unpaired) electrons. The number of aromatic nitrogens is 1. The van der Waals surface area contributed by atoms with E-state index in [0.29, 0.717) is 11.5 Å². The van der Waals surface area contributed by atoms with Crippen molar-refractivity contribution in [3.63, 3.8) is 0 Å². The number of hydrogen-bond donors (Lipinski definition) is 2. The van der Waals surface area contributed by atoms with Gasteiger partial charge in [-0.25, -0.2) is 5.84 Å². The van der Waals surface area contributed by atoms with Crippen molar-refractivity contribution < 1.29 is 19.0 Å². The van der Waals surface area contributed by atoms with Gasteiger partial charge in [0, 0.05) is 18.2 Å². The minimum absolute atomic E-state index is 0.0288. The number of hydrazine groups is 1. The van der Waals surface area contributed by atoms with Crippen LogP contribution in [0.3, 0.4) is 0 Å². The van der Waals surface area contributed by atoms with Gasteiger partial charge in [-0.15, -0.1) is 0 Å². The Labute approximate surface area is 112 Å². The summed E-state index contributed by atoms with van der Waals surface area (Å²) < 4.78 is 10.2. The number of carbonyl (C=O) groups excluding carboxylic acids is 1. The van der Waals surface area contributed by atoms with Crippen LogP contribution in [-0.2, 0) is 6.61 Å². The molecule has 20 heavy (non-hydrogen) atoms. The minimum atomic E-state index is -0.574. The number of amides is 1. The number of nitrogens with two attached hydrogens (primary N) is 1. The molecule has 0 atom stereocenters. The molecule has 104 valence electrons. The highest BCUT2D eigenvalue weighted by atomic mass is 16.6. The number of hydrogen-bond acceptors (Lipinski definition) is 7. The first-order chi connectivity index (χ1) is 9.60. The van der Waals surface area contributed by atoms with Crippen LogP contribution >= 0.6 is 0 Å². The molecule has 0 bridgehead atoms. The van der Waals surface area contributed by atoms with Crippen molar-refractivity contribution in [1.29, 1.82) is 0 Å². The summed E-state index contributed by atoms with van der Waals surface area (Å²) in [4.78, 5) is 21.1. The fraction of sp³-hybridized carbons (Fsp3) is 0.0909. The molecular formula is C11H10N4O5. The summed E-state index contributed by atoms with van der Waals surface area (Å²) >= 11 is 0. The van der Waals surface area contributed by atoms with Crippen LogP contribution in [0.1, 0.15) is 16.2 Å². The second-order valence-corrected chi connectivity index (χ2v) is 3.69. The van der Waals surface area contributed by atoms with Crippen molar-refractivity contribution in [2.75, 3.05) is 0 Å². The van der Waals surface area contributed by atoms with Gasteiger partial charge >= 0.3 is 0 Å². The average molecular weight is 278 g/mol. The van der Waals surface area contributed by atoms with Crippen molar-refractivity contribution in [1.82, 2.24) is 10.6 Å². The van der Waals surface area contributed by atoms with Crippen LogP contribution in [0.4, 0.5) is 5.69 Å². The van der Waals surface area contributed by atoms with E-state index >= 15 is 0 Å². The van der Waals surface area contributed by atoms with Gasteiger partial charge in [0.05, 0.1) is 4.92 Å². The van der Waals surface area contributed by atoms with Crippen LogP contribution in [0.2, 0.25) is 0 Å². The van der Waals surface area contributed by atoms with Crippen molar-refractivity contribution in [3.05, 3.63) is 51.9 Å². The number of nitrogens with zero attached hydrogens (tertiary/aromatic N) is 2. The molecule has 0 saturated heterocycles. The van der Waals surface area contributed by atoms with E-state index in [1.807, 2.05) is 5.43 Å². The molecule has 2 rings (SSSR count). The monoisotopic (exact) mass is 278 g/mol. The average Bonchev–Trinajstić information content (AvgIpc) is 2.93. The van der Waals surface area contributed by atoms with Gasteiger partial charge in [-0.1, -0.05) is 5.16 Å². The minimum Gasteiger partial charge on any atom is -0.486 e. The number of nitro benzene ring substituents is 1. The van der Waals surface area contributed by atoms with Gasteiger partial charge < -0.3 is 9.26 Å². The number of carbonyl (C=O) groups is 1. The standard InChI is InChI=1S/C11H10N4O5/c12-13-11(16)10-5-9(20-14-10)6-19-8-3-1-7(2-4-8)15(17)18/h1-5H,6,12H2,(H,13,16). The van der Waals surface area contributed by atoms with Gasteiger partial charge in [-0.3, -0.25) is 20.3 Å². The summed E-state index contributed by atoms with van der Waals surface area (Å²) in [6, 6.07) is 6.95. The van der Waals surface area contributed by atoms with Crippen LogP contribution in [0, 0.1) is 10.1 Å². The second kappa shape index (κ2) is 5.80. The Balaban J connectivity index is 1.96. The Morgan fingerprint density at radius 1 is 1.45 bits per heavy atom. The number of nitrogens with one attached hydrogen (secondary N) is 1. The number of benzene rings is 1. The number of rotatable bonds is 5. The lowest BCUT2D eigenvalue weighted by atomic mass is 10.3. The SMILES string of the molecule is NNC(=O)c1cc(COc2ccc([N+](=O)[O-])cc2)on1. The summed E-state index contributed by atoms with van der Waals surface area (Å²) in [5.41, 5.74) is 1.93. The third-order valence-corrected chi connectivity index (χ3v) is 2.35. The maximum absolute atomic E-state index is 11.1. The van der Waals surface area contributed by atoms with Gasteiger partial charge in [0.15, 0.2) is 11.5 Å². The summed E-state index contributed by atoms with van der Waals surface area (Å²) in [5, 5.41) is 14.0. The fourth-order valence-electron chi connectivity index (χ4n) is 1.38. The normalized spacial score (nSPS) is 10.1. The zero-order valence-electron chi connectivity index (χ0n) is 10.1. The third kappa shape index (κ3) is 3.09. The molecule has 0 aliphatic carbocycles. The summed E-state index contributed by atoms with van der Waals surface area (Å²) in [6.45, 7) is 0.0304. The van der Waals surface area contributed by atoms with Gasteiger partial charge in [-0.2, -0.15) is 0 Å². The van der Waals surface area contributed by atoms with Crippen LogP contribution in [-0.4, -0.2) is 16.0 Å². The molecular weight excluding hydrogens is 268 g/mol. The van der Waals surface area contributed by atoms with E-state index in [0.717, 1.165) is 0 Å². The predicted octanol–water partition coefficient (Wildman–Crippen LogP) is 0.765. The first-order valence-corrected chi connectivity index (χ1v) is 5.44. The predicted molar refractivity (Wildman–Crippen MR) is 65.6 cm³/mol. The van der Waals surface area contributed by atoms with Crippen molar-refractivity contribution in [2.24, 2.45) is 5.84 Å². The van der Waals surface area contributed by atoms with Gasteiger partial charge in [0.1, 0.15) is 12.4 Å². The molecule has 0 aliphatic heterocycles. The van der Waals surface area contributed by atoms with Crippen molar-refractivity contribution >= 4 is 11.6 Å². The van der Waals surface area contributed by atoms with Gasteiger partial charge in [-0.05, 0) is 12.1 Å². The molecule has 0 aliphatic rings. The highest BCUT2D eigenvalue weighted by Gasteiger charge is 2.11. The molecule has 1 amide bonds. The zero-order valence-corrected chi connectivity index (χ0v) is 10.1. The Hall–Kier alpha value is -2.94. The van der Waals surface area contributed by atoms with E-state index < -0.39 is 10.8 Å². The molecule has 0 saturated carbocycles. The van der Waals surface area contributed by atoms with Crippen LogP contribution in [0.25, 0.3) is 0 Å². The first kappa shape index (κ1) is 13.5. The van der Waals surface area contributed by atoms with Crippen molar-refractivity contribution in [3.8, 4) is 5.75 Å². The van der Waals surface area contributed by atoms with E-state index in [1.54, 1.807) is 0 Å². The Morgan fingerprint density at radius 3 is 2.75 bits per heavy atom. The molecule has 1 aromatic carbocycles. The molecule has 0 fully saturated rings. The molecule has 1 aromatic heterocycles. The van der Waals surface area contributed by atoms with Crippen LogP contribution in [0.15, 0.2) is 34.9 Å². The summed E-state index contributed by atoms with van der Waals surface area (Å²) in [5.74, 6) is 5.12. The van der Waals surface area contributed by atoms with E-state index in [-0.39, 0.29) is 18.0 Å². The third-order valence-electron chi connectivity index (χ3n) is 2.35. The Morgan fingerprint density at radius 2 is 2.15 bits per heavy atom. The molecule has 0 spiro atoms. The van der Waals surface area contributed by atoms with Crippen LogP contribution in [0.5, 0.6) is 5.75 Å². The van der Waals surface area contributed by atoms with Gasteiger partial charge in [0.2, 0.25) is 0 Å². The Kier molecular flexibility index (Phi) is 3.91. The molecule has 1 heterocycles. The maximum atomic E-state index is 11.1. The quantitative estimate of drug-likeness (QED) is 0.357. The smallest absolute Gasteiger partial charge is 0.287 e. The van der Waals surface area contributed by atoms with E-state index in [1.165, 1.54) is 30.3 Å². The number of ether oxygens (including phenoxy) is 1. The molecule has 3 N–H and O–H groups in total. The molecule has 9 nitrogen and oxygen atoms in total. The highest BCUT2D eigenvalue weighted by Crippen LogP contribution is 2.18. The second-order valence-electron chi connectivity index (χ2n) is 3.69. The van der Waals surface area contributed by atoms with Crippen molar-refractivity contribution in [2.45, 2.75) is 6.61 Å². The Bertz CT molecular complexity index is 622.